The number of hydrogen-bond donors (Lipinski definition) is 2. The van der Waals surface area contributed by atoms with Gasteiger partial charge in [0.15, 0.2) is 0 Å². The Balaban J connectivity index is 2.45. The van der Waals surface area contributed by atoms with Gasteiger partial charge in [0, 0.05) is 25.4 Å². The van der Waals surface area contributed by atoms with Crippen molar-refractivity contribution < 1.29 is 5.11 Å². The summed E-state index contributed by atoms with van der Waals surface area (Å²) in [6.45, 7) is 2.70. The summed E-state index contributed by atoms with van der Waals surface area (Å²) in [5.41, 5.74) is 6.16. The molecule has 0 amide bonds. The highest BCUT2D eigenvalue weighted by atomic mass is 79.9. The van der Waals surface area contributed by atoms with E-state index in [4.69, 9.17) is 0 Å². The third-order valence-corrected chi connectivity index (χ3v) is 2.90. The molecule has 2 rings (SSSR count). The van der Waals surface area contributed by atoms with Crippen LogP contribution in [0.3, 0.4) is 0 Å². The molecule has 80 valence electrons. The lowest BCUT2D eigenvalue weighted by Crippen LogP contribution is -2.23. The molecule has 0 saturated heterocycles. The third kappa shape index (κ3) is 1.98. The van der Waals surface area contributed by atoms with Gasteiger partial charge < -0.3 is 10.1 Å². The molecule has 1 aromatic rings. The summed E-state index contributed by atoms with van der Waals surface area (Å²) < 4.78 is 0.485. The van der Waals surface area contributed by atoms with Crippen LogP contribution in [0.15, 0.2) is 16.9 Å². The minimum Gasteiger partial charge on any atom is -0.505 e. The van der Waals surface area contributed by atoms with E-state index >= 15 is 0 Å². The van der Waals surface area contributed by atoms with Crippen molar-refractivity contribution in [2.45, 2.75) is 6.92 Å². The molecule has 0 spiro atoms. The maximum absolute atomic E-state index is 9.46. The smallest absolute Gasteiger partial charge is 0.148 e. The molecule has 0 aromatic carbocycles. The number of aromatic nitrogens is 1. The second-order valence-electron chi connectivity index (χ2n) is 3.56. The lowest BCUT2D eigenvalue weighted by Gasteiger charge is -2.06. The predicted molar refractivity (Wildman–Crippen MR) is 62.1 cm³/mol. The van der Waals surface area contributed by atoms with Crippen molar-refractivity contribution in [2.75, 3.05) is 13.6 Å². The standard InChI is InChI=1S/C10H12BrN3O/c1-6-3-8(15)10(11)13-9(6)7-4-12-14(2)5-7/h3,5,12,15H,4H2,1-2H3. The van der Waals surface area contributed by atoms with Gasteiger partial charge in [0.1, 0.15) is 10.4 Å². The zero-order valence-electron chi connectivity index (χ0n) is 8.58. The molecule has 1 aromatic heterocycles. The maximum Gasteiger partial charge on any atom is 0.148 e. The normalized spacial score (nSPS) is 15.7. The quantitative estimate of drug-likeness (QED) is 0.762. The molecule has 2 heterocycles. The molecule has 0 bridgehead atoms. The summed E-state index contributed by atoms with van der Waals surface area (Å²) >= 11 is 3.22. The number of hydrazine groups is 1. The van der Waals surface area contributed by atoms with Gasteiger partial charge in [-0.25, -0.2) is 10.4 Å². The fourth-order valence-electron chi connectivity index (χ4n) is 1.58. The fourth-order valence-corrected chi connectivity index (χ4v) is 1.87. The number of nitrogens with zero attached hydrogens (tertiary/aromatic N) is 2. The molecule has 0 fully saturated rings. The van der Waals surface area contributed by atoms with Crippen LogP contribution < -0.4 is 5.43 Å². The van der Waals surface area contributed by atoms with E-state index in [0.29, 0.717) is 4.60 Å². The van der Waals surface area contributed by atoms with E-state index in [1.54, 1.807) is 6.07 Å². The average Bonchev–Trinajstić information content (AvgIpc) is 2.58. The first-order valence-corrected chi connectivity index (χ1v) is 5.40. The van der Waals surface area contributed by atoms with Crippen LogP contribution in [0.4, 0.5) is 0 Å². The molecule has 5 heteroatoms. The SMILES string of the molecule is Cc1cc(O)c(Br)nc1C1=CN(C)NC1. The van der Waals surface area contributed by atoms with Crippen molar-refractivity contribution in [3.8, 4) is 5.75 Å². The van der Waals surface area contributed by atoms with Crippen LogP contribution in [0.5, 0.6) is 5.75 Å². The molecule has 1 aliphatic rings. The number of hydrogen-bond acceptors (Lipinski definition) is 4. The molecule has 15 heavy (non-hydrogen) atoms. The van der Waals surface area contributed by atoms with Gasteiger partial charge in [-0.15, -0.1) is 0 Å². The largest absolute Gasteiger partial charge is 0.505 e. The van der Waals surface area contributed by atoms with Gasteiger partial charge in [0.25, 0.3) is 0 Å². The Morgan fingerprint density at radius 2 is 2.33 bits per heavy atom. The number of rotatable bonds is 1. The van der Waals surface area contributed by atoms with E-state index in [1.165, 1.54) is 0 Å². The average molecular weight is 270 g/mol. The first kappa shape index (κ1) is 10.4. The van der Waals surface area contributed by atoms with Crippen molar-refractivity contribution in [1.82, 2.24) is 15.4 Å². The second kappa shape index (κ2) is 3.83. The van der Waals surface area contributed by atoms with E-state index < -0.39 is 0 Å². The molecule has 0 saturated carbocycles. The van der Waals surface area contributed by atoms with E-state index in [2.05, 4.69) is 26.3 Å². The number of halogens is 1. The highest BCUT2D eigenvalue weighted by Gasteiger charge is 2.15. The highest BCUT2D eigenvalue weighted by Crippen LogP contribution is 2.28. The fraction of sp³-hybridized carbons (Fsp3) is 0.300. The number of aromatic hydroxyl groups is 1. The van der Waals surface area contributed by atoms with Gasteiger partial charge in [-0.3, -0.25) is 0 Å². The van der Waals surface area contributed by atoms with E-state index in [9.17, 15) is 5.11 Å². The van der Waals surface area contributed by atoms with Crippen LogP contribution in [-0.4, -0.2) is 28.7 Å². The van der Waals surface area contributed by atoms with Crippen molar-refractivity contribution in [2.24, 2.45) is 0 Å². The Labute approximate surface area is 96.7 Å². The summed E-state index contributed by atoms with van der Waals surface area (Å²) in [4.78, 5) is 4.32. The van der Waals surface area contributed by atoms with Crippen molar-refractivity contribution in [3.05, 3.63) is 28.1 Å². The first-order valence-electron chi connectivity index (χ1n) is 4.61. The topological polar surface area (TPSA) is 48.4 Å². The van der Waals surface area contributed by atoms with Crippen LogP contribution in [0.25, 0.3) is 5.57 Å². The van der Waals surface area contributed by atoms with Crippen LogP contribution >= 0.6 is 15.9 Å². The Morgan fingerprint density at radius 1 is 1.60 bits per heavy atom. The minimum atomic E-state index is 0.177. The van der Waals surface area contributed by atoms with E-state index in [0.717, 1.165) is 23.4 Å². The Morgan fingerprint density at radius 3 is 2.93 bits per heavy atom. The van der Waals surface area contributed by atoms with Crippen molar-refractivity contribution in [1.29, 1.82) is 0 Å². The molecule has 0 atom stereocenters. The zero-order chi connectivity index (χ0) is 11.0. The summed E-state index contributed by atoms with van der Waals surface area (Å²) in [6, 6.07) is 1.71. The predicted octanol–water partition coefficient (Wildman–Crippen LogP) is 1.65. The summed E-state index contributed by atoms with van der Waals surface area (Å²) in [7, 11) is 1.94. The molecular formula is C10H12BrN3O. The van der Waals surface area contributed by atoms with Crippen LogP contribution in [0.1, 0.15) is 11.3 Å². The Kier molecular flexibility index (Phi) is 2.67. The van der Waals surface area contributed by atoms with Crippen molar-refractivity contribution >= 4 is 21.5 Å². The molecule has 0 unspecified atom stereocenters. The zero-order valence-corrected chi connectivity index (χ0v) is 10.2. The maximum atomic E-state index is 9.46. The van der Waals surface area contributed by atoms with Gasteiger partial charge in [-0.2, -0.15) is 0 Å². The van der Waals surface area contributed by atoms with Crippen LogP contribution in [0.2, 0.25) is 0 Å². The lowest BCUT2D eigenvalue weighted by molar-refractivity contribution is 0.374. The number of nitrogens with one attached hydrogen (secondary N) is 1. The summed E-state index contributed by atoms with van der Waals surface area (Å²) in [5, 5.41) is 11.4. The number of pyridine rings is 1. The van der Waals surface area contributed by atoms with Gasteiger partial charge in [-0.1, -0.05) is 0 Å². The third-order valence-electron chi connectivity index (χ3n) is 2.32. The monoisotopic (exact) mass is 269 g/mol. The Bertz CT molecular complexity index is 431. The van der Waals surface area contributed by atoms with Gasteiger partial charge in [-0.05, 0) is 34.5 Å². The first-order chi connectivity index (χ1) is 7.08. The van der Waals surface area contributed by atoms with Gasteiger partial charge in [0.05, 0.1) is 5.69 Å². The minimum absolute atomic E-state index is 0.177. The molecule has 0 radical (unpaired) electrons. The summed E-state index contributed by atoms with van der Waals surface area (Å²) in [6.07, 6.45) is 2.00. The van der Waals surface area contributed by atoms with E-state index in [1.807, 2.05) is 25.2 Å². The highest BCUT2D eigenvalue weighted by molar-refractivity contribution is 9.10. The molecular weight excluding hydrogens is 258 g/mol. The molecule has 4 nitrogen and oxygen atoms in total. The summed E-state index contributed by atoms with van der Waals surface area (Å²) in [5.74, 6) is 0.177. The van der Waals surface area contributed by atoms with E-state index in [-0.39, 0.29) is 5.75 Å². The lowest BCUT2D eigenvalue weighted by atomic mass is 10.1. The molecule has 1 aliphatic heterocycles. The van der Waals surface area contributed by atoms with Crippen LogP contribution in [-0.2, 0) is 0 Å². The van der Waals surface area contributed by atoms with Gasteiger partial charge >= 0.3 is 0 Å². The Hall–Kier alpha value is -1.07. The number of aryl methyl sites for hydroxylation is 1. The van der Waals surface area contributed by atoms with Crippen molar-refractivity contribution in [3.63, 3.8) is 0 Å². The second-order valence-corrected chi connectivity index (χ2v) is 4.32. The van der Waals surface area contributed by atoms with Gasteiger partial charge in [0.2, 0.25) is 0 Å². The molecule has 0 aliphatic carbocycles. The molecule has 2 N–H and O–H groups in total. The van der Waals surface area contributed by atoms with Crippen LogP contribution in [0, 0.1) is 6.92 Å².